The van der Waals surface area contributed by atoms with Crippen LogP contribution in [0, 0.1) is 6.92 Å². The van der Waals surface area contributed by atoms with Crippen LogP contribution in [0.2, 0.25) is 0 Å². The molecule has 0 aliphatic heterocycles. The van der Waals surface area contributed by atoms with Gasteiger partial charge in [0.1, 0.15) is 9.88 Å². The van der Waals surface area contributed by atoms with Crippen LogP contribution in [0.15, 0.2) is 0 Å². The van der Waals surface area contributed by atoms with Gasteiger partial charge in [-0.2, -0.15) is 0 Å². The number of hydrogen-bond donors (Lipinski definition) is 2. The summed E-state index contributed by atoms with van der Waals surface area (Å²) in [7, 11) is 0. The molecule has 0 bridgehead atoms. The third kappa shape index (κ3) is 4.95. The summed E-state index contributed by atoms with van der Waals surface area (Å²) in [5.74, 6) is -1.12. The van der Waals surface area contributed by atoms with Crippen LogP contribution < -0.4 is 10.6 Å². The minimum Gasteiger partial charge on any atom is -0.462 e. The number of thiophene rings is 1. The van der Waals surface area contributed by atoms with Crippen molar-refractivity contribution in [1.29, 1.82) is 0 Å². The van der Waals surface area contributed by atoms with Crippen molar-refractivity contribution in [2.24, 2.45) is 0 Å². The van der Waals surface area contributed by atoms with Gasteiger partial charge in [-0.3, -0.25) is 5.32 Å². The fourth-order valence-electron chi connectivity index (χ4n) is 1.84. The van der Waals surface area contributed by atoms with Crippen molar-refractivity contribution in [1.82, 2.24) is 5.32 Å². The van der Waals surface area contributed by atoms with Crippen LogP contribution in [-0.2, 0) is 9.47 Å². The standard InChI is InChI=1S/C15H22N2O5S/c1-6-21-13(18)10-9(5)11(14(19)22-7-2)23-12(10)17-15(20)16-8(3)4/h8H,6-7H2,1-5H3,(H2,16,17,20). The summed E-state index contributed by atoms with van der Waals surface area (Å²) in [4.78, 5) is 36.3. The van der Waals surface area contributed by atoms with Crippen molar-refractivity contribution >= 4 is 34.3 Å². The van der Waals surface area contributed by atoms with E-state index in [-0.39, 0.29) is 34.7 Å². The summed E-state index contributed by atoms with van der Waals surface area (Å²) in [5.41, 5.74) is 0.616. The first-order chi connectivity index (χ1) is 10.8. The third-order valence-corrected chi connectivity index (χ3v) is 3.92. The lowest BCUT2D eigenvalue weighted by Gasteiger charge is -2.10. The maximum Gasteiger partial charge on any atom is 0.348 e. The third-order valence-electron chi connectivity index (χ3n) is 2.73. The number of esters is 2. The zero-order valence-electron chi connectivity index (χ0n) is 13.9. The molecule has 1 aromatic rings. The number of ether oxygens (including phenoxy) is 2. The molecule has 1 heterocycles. The largest absolute Gasteiger partial charge is 0.462 e. The maximum atomic E-state index is 12.1. The molecule has 0 aliphatic rings. The number of amides is 2. The van der Waals surface area contributed by atoms with E-state index in [0.29, 0.717) is 5.56 Å². The molecule has 0 atom stereocenters. The molecule has 0 fully saturated rings. The van der Waals surface area contributed by atoms with E-state index in [4.69, 9.17) is 9.47 Å². The van der Waals surface area contributed by atoms with Crippen molar-refractivity contribution in [3.05, 3.63) is 16.0 Å². The number of rotatable bonds is 6. The fraction of sp³-hybridized carbons (Fsp3) is 0.533. The van der Waals surface area contributed by atoms with Gasteiger partial charge in [0.2, 0.25) is 0 Å². The molecule has 7 nitrogen and oxygen atoms in total. The Kier molecular flexibility index (Phi) is 7.02. The van der Waals surface area contributed by atoms with Gasteiger partial charge in [0.25, 0.3) is 0 Å². The van der Waals surface area contributed by atoms with Gasteiger partial charge < -0.3 is 14.8 Å². The molecule has 128 valence electrons. The van der Waals surface area contributed by atoms with E-state index in [2.05, 4.69) is 10.6 Å². The second kappa shape index (κ2) is 8.52. The Morgan fingerprint density at radius 1 is 1.09 bits per heavy atom. The minimum absolute atomic E-state index is 0.0633. The van der Waals surface area contributed by atoms with E-state index in [1.54, 1.807) is 20.8 Å². The second-order valence-corrected chi connectivity index (χ2v) is 5.98. The number of carbonyl (C=O) groups excluding carboxylic acids is 3. The normalized spacial score (nSPS) is 10.3. The quantitative estimate of drug-likeness (QED) is 0.775. The van der Waals surface area contributed by atoms with Crippen LogP contribution in [0.25, 0.3) is 0 Å². The number of anilines is 1. The molecule has 23 heavy (non-hydrogen) atoms. The molecule has 0 unspecified atom stereocenters. The topological polar surface area (TPSA) is 93.7 Å². The molecule has 0 aliphatic carbocycles. The first-order valence-electron chi connectivity index (χ1n) is 7.36. The van der Waals surface area contributed by atoms with Gasteiger partial charge in [-0.25, -0.2) is 14.4 Å². The Morgan fingerprint density at radius 2 is 1.65 bits per heavy atom. The molecule has 0 radical (unpaired) electrons. The number of nitrogens with one attached hydrogen (secondary N) is 2. The highest BCUT2D eigenvalue weighted by atomic mass is 32.1. The molecule has 0 saturated heterocycles. The van der Waals surface area contributed by atoms with Crippen LogP contribution in [0.3, 0.4) is 0 Å². The minimum atomic E-state index is -0.586. The van der Waals surface area contributed by atoms with E-state index in [9.17, 15) is 14.4 Å². The molecule has 0 aromatic carbocycles. The Morgan fingerprint density at radius 3 is 2.17 bits per heavy atom. The van der Waals surface area contributed by atoms with Crippen molar-refractivity contribution in [2.45, 2.75) is 40.7 Å². The summed E-state index contributed by atoms with van der Waals surface area (Å²) < 4.78 is 9.99. The van der Waals surface area contributed by atoms with Crippen LogP contribution in [0.5, 0.6) is 0 Å². The maximum absolute atomic E-state index is 12.1. The first-order valence-corrected chi connectivity index (χ1v) is 8.18. The van der Waals surface area contributed by atoms with Gasteiger partial charge in [0.15, 0.2) is 0 Å². The highest BCUT2D eigenvalue weighted by Crippen LogP contribution is 2.34. The van der Waals surface area contributed by atoms with Crippen molar-refractivity contribution in [3.63, 3.8) is 0 Å². The molecule has 2 amide bonds. The summed E-state index contributed by atoms with van der Waals surface area (Å²) in [5, 5.41) is 5.53. The van der Waals surface area contributed by atoms with E-state index in [1.165, 1.54) is 0 Å². The van der Waals surface area contributed by atoms with Crippen molar-refractivity contribution < 1.29 is 23.9 Å². The SMILES string of the molecule is CCOC(=O)c1sc(NC(=O)NC(C)C)c(C(=O)OCC)c1C. The number of carbonyl (C=O) groups is 3. The second-order valence-electron chi connectivity index (χ2n) is 4.95. The monoisotopic (exact) mass is 342 g/mol. The lowest BCUT2D eigenvalue weighted by Crippen LogP contribution is -2.34. The van der Waals surface area contributed by atoms with Gasteiger partial charge in [0.05, 0.1) is 18.8 Å². The molecule has 8 heteroatoms. The molecular formula is C15H22N2O5S. The number of urea groups is 1. The van der Waals surface area contributed by atoms with Gasteiger partial charge in [0, 0.05) is 6.04 Å². The van der Waals surface area contributed by atoms with Gasteiger partial charge >= 0.3 is 18.0 Å². The Hall–Kier alpha value is -2.09. The molecular weight excluding hydrogens is 320 g/mol. The lowest BCUT2D eigenvalue weighted by atomic mass is 10.1. The van der Waals surface area contributed by atoms with E-state index in [1.807, 2.05) is 13.8 Å². The van der Waals surface area contributed by atoms with E-state index in [0.717, 1.165) is 11.3 Å². The smallest absolute Gasteiger partial charge is 0.348 e. The van der Waals surface area contributed by atoms with Crippen LogP contribution in [0.4, 0.5) is 9.80 Å². The number of hydrogen-bond acceptors (Lipinski definition) is 6. The Labute approximate surface area is 139 Å². The molecule has 1 rings (SSSR count). The first kappa shape index (κ1) is 19.0. The van der Waals surface area contributed by atoms with Gasteiger partial charge in [-0.15, -0.1) is 11.3 Å². The average molecular weight is 342 g/mol. The molecule has 0 spiro atoms. The molecule has 2 N–H and O–H groups in total. The van der Waals surface area contributed by atoms with Crippen LogP contribution >= 0.6 is 11.3 Å². The van der Waals surface area contributed by atoms with Crippen LogP contribution in [0.1, 0.15) is 53.3 Å². The zero-order chi connectivity index (χ0) is 17.6. The highest BCUT2D eigenvalue weighted by molar-refractivity contribution is 7.18. The molecule has 1 aromatic heterocycles. The van der Waals surface area contributed by atoms with Gasteiger partial charge in [-0.05, 0) is 40.2 Å². The van der Waals surface area contributed by atoms with Crippen molar-refractivity contribution in [3.8, 4) is 0 Å². The Balaban J connectivity index is 3.20. The van der Waals surface area contributed by atoms with Crippen molar-refractivity contribution in [2.75, 3.05) is 18.5 Å². The highest BCUT2D eigenvalue weighted by Gasteiger charge is 2.27. The predicted molar refractivity (Wildman–Crippen MR) is 88.3 cm³/mol. The summed E-state index contributed by atoms with van der Waals surface area (Å²) in [6.07, 6.45) is 0. The summed E-state index contributed by atoms with van der Waals surface area (Å²) in [6, 6.07) is -0.520. The van der Waals surface area contributed by atoms with E-state index < -0.39 is 18.0 Å². The fourth-order valence-corrected chi connectivity index (χ4v) is 2.93. The van der Waals surface area contributed by atoms with Gasteiger partial charge in [-0.1, -0.05) is 0 Å². The summed E-state index contributed by atoms with van der Waals surface area (Å²) in [6.45, 7) is 9.06. The molecule has 0 saturated carbocycles. The Bertz CT molecular complexity index is 595. The van der Waals surface area contributed by atoms with E-state index >= 15 is 0 Å². The lowest BCUT2D eigenvalue weighted by molar-refractivity contribution is 0.0527. The zero-order valence-corrected chi connectivity index (χ0v) is 14.8. The summed E-state index contributed by atoms with van der Waals surface area (Å²) >= 11 is 0.996. The predicted octanol–water partition coefficient (Wildman–Crippen LogP) is 2.94. The average Bonchev–Trinajstić information content (AvgIpc) is 2.75. The van der Waals surface area contributed by atoms with Crippen LogP contribution in [-0.4, -0.2) is 37.2 Å².